The van der Waals surface area contributed by atoms with Crippen LogP contribution in [0.2, 0.25) is 0 Å². The molecule has 0 unspecified atom stereocenters. The van der Waals surface area contributed by atoms with E-state index in [9.17, 15) is 0 Å². The molecular weight excluding hydrogens is 200 g/mol. The maximum atomic E-state index is 9.09. The molecule has 0 bridgehead atoms. The molecule has 0 radical (unpaired) electrons. The number of pyridine rings is 1. The molecule has 0 aliphatic carbocycles. The Morgan fingerprint density at radius 1 is 1.56 bits per heavy atom. The van der Waals surface area contributed by atoms with Crippen molar-refractivity contribution in [3.05, 3.63) is 24.0 Å². The van der Waals surface area contributed by atoms with E-state index >= 15 is 0 Å². The molecule has 1 aromatic rings. The maximum absolute atomic E-state index is 9.09. The molecule has 0 spiro atoms. The molecule has 1 aromatic heterocycles. The first-order valence-electron chi connectivity index (χ1n) is 5.47. The number of nitrogens with one attached hydrogen (secondary N) is 1. The first kappa shape index (κ1) is 10.9. The second kappa shape index (κ2) is 4.11. The number of aromatic nitrogens is 1. The van der Waals surface area contributed by atoms with Gasteiger partial charge in [-0.1, -0.05) is 0 Å². The van der Waals surface area contributed by atoms with Crippen LogP contribution in [0, 0.1) is 11.3 Å². The van der Waals surface area contributed by atoms with Gasteiger partial charge in [0.2, 0.25) is 0 Å². The number of anilines is 1. The minimum atomic E-state index is 0.0329. The number of hydrogen-bond acceptors (Lipinski definition) is 4. The third-order valence-electron chi connectivity index (χ3n) is 3.01. The Hall–Kier alpha value is -1.60. The van der Waals surface area contributed by atoms with Gasteiger partial charge in [0.25, 0.3) is 0 Å². The quantitative estimate of drug-likeness (QED) is 0.765. The van der Waals surface area contributed by atoms with Crippen LogP contribution in [0.1, 0.15) is 19.4 Å². The molecular formula is C12H16N4. The largest absolute Gasteiger partial charge is 0.363 e. The van der Waals surface area contributed by atoms with Gasteiger partial charge in [0, 0.05) is 37.6 Å². The van der Waals surface area contributed by atoms with Crippen molar-refractivity contribution in [1.82, 2.24) is 10.3 Å². The van der Waals surface area contributed by atoms with Crippen molar-refractivity contribution in [3.63, 3.8) is 0 Å². The van der Waals surface area contributed by atoms with Crippen molar-refractivity contribution in [2.75, 3.05) is 24.5 Å². The van der Waals surface area contributed by atoms with Crippen LogP contribution in [0.4, 0.5) is 5.69 Å². The summed E-state index contributed by atoms with van der Waals surface area (Å²) in [5, 5.41) is 12.5. The monoisotopic (exact) mass is 216 g/mol. The van der Waals surface area contributed by atoms with Gasteiger partial charge >= 0.3 is 0 Å². The van der Waals surface area contributed by atoms with Crippen LogP contribution in [-0.4, -0.2) is 30.2 Å². The van der Waals surface area contributed by atoms with E-state index in [0.29, 0.717) is 5.56 Å². The first-order chi connectivity index (χ1) is 7.65. The van der Waals surface area contributed by atoms with Gasteiger partial charge in [-0.25, -0.2) is 0 Å². The summed E-state index contributed by atoms with van der Waals surface area (Å²) in [5.41, 5.74) is 1.67. The lowest BCUT2D eigenvalue weighted by Crippen LogP contribution is -2.58. The Morgan fingerprint density at radius 3 is 3.06 bits per heavy atom. The summed E-state index contributed by atoms with van der Waals surface area (Å²) in [6, 6.07) is 4.13. The second-order valence-electron chi connectivity index (χ2n) is 4.65. The van der Waals surface area contributed by atoms with E-state index in [1.807, 2.05) is 6.07 Å². The van der Waals surface area contributed by atoms with Crippen molar-refractivity contribution in [3.8, 4) is 6.07 Å². The van der Waals surface area contributed by atoms with Gasteiger partial charge in [-0.3, -0.25) is 4.98 Å². The highest BCUT2D eigenvalue weighted by Crippen LogP contribution is 2.27. The summed E-state index contributed by atoms with van der Waals surface area (Å²) in [7, 11) is 0. The van der Waals surface area contributed by atoms with Gasteiger partial charge < -0.3 is 10.2 Å². The van der Waals surface area contributed by atoms with Crippen LogP contribution in [0.15, 0.2) is 18.5 Å². The average Bonchev–Trinajstić information content (AvgIpc) is 2.28. The highest BCUT2D eigenvalue weighted by atomic mass is 15.3. The zero-order valence-corrected chi connectivity index (χ0v) is 9.70. The lowest BCUT2D eigenvalue weighted by atomic mass is 9.98. The Labute approximate surface area is 95.9 Å². The van der Waals surface area contributed by atoms with Gasteiger partial charge in [0.1, 0.15) is 6.07 Å². The van der Waals surface area contributed by atoms with E-state index in [2.05, 4.69) is 35.1 Å². The summed E-state index contributed by atoms with van der Waals surface area (Å²) in [5.74, 6) is 0. The molecule has 0 amide bonds. The smallest absolute Gasteiger partial charge is 0.103 e. The second-order valence-corrected chi connectivity index (χ2v) is 4.65. The summed E-state index contributed by atoms with van der Waals surface area (Å²) in [4.78, 5) is 6.28. The number of rotatable bonds is 1. The molecule has 2 rings (SSSR count). The highest BCUT2D eigenvalue weighted by molar-refractivity contribution is 5.59. The topological polar surface area (TPSA) is 52.0 Å². The molecule has 1 fully saturated rings. The van der Waals surface area contributed by atoms with Crippen LogP contribution in [-0.2, 0) is 0 Å². The fraction of sp³-hybridized carbons (Fsp3) is 0.500. The van der Waals surface area contributed by atoms with Gasteiger partial charge in [-0.2, -0.15) is 5.26 Å². The molecule has 1 saturated heterocycles. The average molecular weight is 216 g/mol. The lowest BCUT2D eigenvalue weighted by molar-refractivity contribution is 0.380. The Bertz CT molecular complexity index is 419. The van der Waals surface area contributed by atoms with Crippen molar-refractivity contribution in [2.24, 2.45) is 0 Å². The molecule has 84 valence electrons. The van der Waals surface area contributed by atoms with Gasteiger partial charge in [0.05, 0.1) is 11.3 Å². The molecule has 0 atom stereocenters. The van der Waals surface area contributed by atoms with E-state index in [4.69, 9.17) is 5.26 Å². The Kier molecular flexibility index (Phi) is 2.80. The fourth-order valence-electron chi connectivity index (χ4n) is 2.14. The van der Waals surface area contributed by atoms with Crippen LogP contribution in [0.5, 0.6) is 0 Å². The van der Waals surface area contributed by atoms with E-state index < -0.39 is 0 Å². The summed E-state index contributed by atoms with van der Waals surface area (Å²) in [6.45, 7) is 7.17. The Balaban J connectivity index is 2.39. The SMILES string of the molecule is CC1(C)CNCCN1c1ccncc1C#N. The summed E-state index contributed by atoms with van der Waals surface area (Å²) in [6.07, 6.45) is 3.38. The van der Waals surface area contributed by atoms with Crippen LogP contribution >= 0.6 is 0 Å². The highest BCUT2D eigenvalue weighted by Gasteiger charge is 2.30. The zero-order chi connectivity index (χ0) is 11.6. The minimum absolute atomic E-state index is 0.0329. The summed E-state index contributed by atoms with van der Waals surface area (Å²) >= 11 is 0. The molecule has 1 aliphatic heterocycles. The molecule has 4 heteroatoms. The predicted octanol–water partition coefficient (Wildman–Crippen LogP) is 1.14. The normalized spacial score (nSPS) is 19.2. The van der Waals surface area contributed by atoms with E-state index in [0.717, 1.165) is 25.3 Å². The molecule has 1 aliphatic rings. The minimum Gasteiger partial charge on any atom is -0.363 e. The molecule has 16 heavy (non-hydrogen) atoms. The van der Waals surface area contributed by atoms with E-state index in [1.54, 1.807) is 12.4 Å². The molecule has 2 heterocycles. The van der Waals surface area contributed by atoms with Crippen LogP contribution in [0.25, 0.3) is 0 Å². The van der Waals surface area contributed by atoms with Gasteiger partial charge in [-0.15, -0.1) is 0 Å². The third-order valence-corrected chi connectivity index (χ3v) is 3.01. The van der Waals surface area contributed by atoms with E-state index in [1.165, 1.54) is 0 Å². The van der Waals surface area contributed by atoms with Gasteiger partial charge in [0.15, 0.2) is 0 Å². The van der Waals surface area contributed by atoms with Crippen LogP contribution in [0.3, 0.4) is 0 Å². The van der Waals surface area contributed by atoms with E-state index in [-0.39, 0.29) is 5.54 Å². The predicted molar refractivity (Wildman–Crippen MR) is 63.2 cm³/mol. The van der Waals surface area contributed by atoms with Crippen molar-refractivity contribution in [2.45, 2.75) is 19.4 Å². The molecule has 1 N–H and O–H groups in total. The summed E-state index contributed by atoms with van der Waals surface area (Å²) < 4.78 is 0. The third kappa shape index (κ3) is 1.86. The number of hydrogen-bond donors (Lipinski definition) is 1. The standard InChI is InChI=1S/C12H16N4/c1-12(2)9-15-5-6-16(12)11-3-4-14-8-10(11)7-13/h3-4,8,15H,5-6,9H2,1-2H3. The fourth-order valence-corrected chi connectivity index (χ4v) is 2.14. The number of piperazine rings is 1. The number of nitrogens with zero attached hydrogens (tertiary/aromatic N) is 3. The van der Waals surface area contributed by atoms with Crippen molar-refractivity contribution >= 4 is 5.69 Å². The molecule has 4 nitrogen and oxygen atoms in total. The first-order valence-corrected chi connectivity index (χ1v) is 5.47. The zero-order valence-electron chi connectivity index (χ0n) is 9.70. The van der Waals surface area contributed by atoms with Crippen molar-refractivity contribution in [1.29, 1.82) is 5.26 Å². The van der Waals surface area contributed by atoms with Gasteiger partial charge in [-0.05, 0) is 19.9 Å². The Morgan fingerprint density at radius 2 is 2.38 bits per heavy atom. The lowest BCUT2D eigenvalue weighted by Gasteiger charge is -2.44. The maximum Gasteiger partial charge on any atom is 0.103 e. The van der Waals surface area contributed by atoms with Crippen molar-refractivity contribution < 1.29 is 0 Å². The molecule has 0 saturated carbocycles. The number of nitriles is 1. The van der Waals surface area contributed by atoms with Crippen LogP contribution < -0.4 is 10.2 Å². The molecule has 0 aromatic carbocycles.